The summed E-state index contributed by atoms with van der Waals surface area (Å²) in [5.74, 6) is -0.291. The number of aromatic hydroxyl groups is 1. The molecule has 1 aromatic heterocycles. The number of benzene rings is 1. The van der Waals surface area contributed by atoms with Gasteiger partial charge in [0.2, 0.25) is 0 Å². The molecule has 1 heterocycles. The number of rotatable bonds is 14. The zero-order valence-electron chi connectivity index (χ0n) is 22.5. The highest BCUT2D eigenvalue weighted by atomic mass is 16.5. The molecule has 0 saturated heterocycles. The van der Waals surface area contributed by atoms with Crippen LogP contribution in [0.15, 0.2) is 42.6 Å². The molecule has 1 amide bonds. The van der Waals surface area contributed by atoms with E-state index < -0.39 is 17.9 Å². The Morgan fingerprint density at radius 1 is 1.08 bits per heavy atom. The van der Waals surface area contributed by atoms with E-state index >= 15 is 0 Å². The molecule has 0 fully saturated rings. The van der Waals surface area contributed by atoms with Gasteiger partial charge in [0.25, 0.3) is 5.91 Å². The smallest absolute Gasteiger partial charge is 0.328 e. The Bertz CT molecular complexity index is 963. The predicted octanol–water partition coefficient (Wildman–Crippen LogP) is 5.56. The SMILES string of the molecule is CC[C@H](CCCc1ccccc1)[C@@H](CC(C)C)[C@H](C)OC(=O)C(C)NC(=O)c1nccc(OC)c1O. The van der Waals surface area contributed by atoms with E-state index in [1.54, 1.807) is 6.92 Å². The van der Waals surface area contributed by atoms with Crippen LogP contribution in [0.5, 0.6) is 11.5 Å². The van der Waals surface area contributed by atoms with E-state index in [0.29, 0.717) is 11.8 Å². The van der Waals surface area contributed by atoms with E-state index in [1.807, 2.05) is 13.0 Å². The number of carbonyl (C=O) groups is 2. The molecule has 7 heteroatoms. The van der Waals surface area contributed by atoms with E-state index in [4.69, 9.17) is 9.47 Å². The van der Waals surface area contributed by atoms with Crippen LogP contribution in [-0.4, -0.2) is 41.2 Å². The van der Waals surface area contributed by atoms with Crippen LogP contribution in [0.2, 0.25) is 0 Å². The molecule has 0 spiro atoms. The van der Waals surface area contributed by atoms with E-state index in [0.717, 1.165) is 32.1 Å². The van der Waals surface area contributed by atoms with Gasteiger partial charge in [-0.1, -0.05) is 57.5 Å². The Morgan fingerprint density at radius 2 is 1.78 bits per heavy atom. The van der Waals surface area contributed by atoms with Crippen LogP contribution in [0.25, 0.3) is 0 Å². The molecule has 2 N–H and O–H groups in total. The summed E-state index contributed by atoms with van der Waals surface area (Å²) in [6, 6.07) is 11.0. The number of aromatic nitrogens is 1. The first-order valence-corrected chi connectivity index (χ1v) is 12.9. The van der Waals surface area contributed by atoms with Gasteiger partial charge in [0.15, 0.2) is 17.2 Å². The van der Waals surface area contributed by atoms with Crippen LogP contribution in [0.1, 0.15) is 76.4 Å². The largest absolute Gasteiger partial charge is 0.503 e. The lowest BCUT2D eigenvalue weighted by Crippen LogP contribution is -2.42. The molecule has 0 bridgehead atoms. The van der Waals surface area contributed by atoms with Crippen molar-refractivity contribution in [2.45, 2.75) is 78.9 Å². The molecule has 0 aliphatic carbocycles. The summed E-state index contributed by atoms with van der Waals surface area (Å²) in [6.07, 6.45) is 6.23. The Labute approximate surface area is 215 Å². The first-order valence-electron chi connectivity index (χ1n) is 12.9. The average molecular weight is 499 g/mol. The predicted molar refractivity (Wildman–Crippen MR) is 141 cm³/mol. The number of aryl methyl sites for hydroxylation is 1. The van der Waals surface area contributed by atoms with Gasteiger partial charge in [0, 0.05) is 12.3 Å². The summed E-state index contributed by atoms with van der Waals surface area (Å²) in [6.45, 7) is 10.1. The van der Waals surface area contributed by atoms with Crippen molar-refractivity contribution < 1.29 is 24.2 Å². The molecule has 2 rings (SSSR count). The first-order chi connectivity index (χ1) is 17.2. The quantitative estimate of drug-likeness (QED) is 0.331. The Morgan fingerprint density at radius 3 is 2.39 bits per heavy atom. The molecule has 0 aliphatic heterocycles. The standard InChI is InChI=1S/C29H42N2O5/c1-7-23(15-11-14-22-12-9-8-10-13-22)24(18-19(2)3)21(5)36-29(34)20(4)31-28(33)26-27(32)25(35-6)16-17-30-26/h8-10,12-13,16-17,19-21,23-24,32H,7,11,14-15,18H2,1-6H3,(H,31,33)/t20?,21-,23+,24-/m0/s1. The maximum atomic E-state index is 12.9. The minimum absolute atomic E-state index is 0.133. The Balaban J connectivity index is 2.00. The number of hydrogen-bond acceptors (Lipinski definition) is 6. The summed E-state index contributed by atoms with van der Waals surface area (Å²) < 4.78 is 10.9. The maximum Gasteiger partial charge on any atom is 0.328 e. The van der Waals surface area contributed by atoms with Crippen molar-refractivity contribution in [2.24, 2.45) is 17.8 Å². The molecule has 198 valence electrons. The van der Waals surface area contributed by atoms with Gasteiger partial charge in [-0.15, -0.1) is 0 Å². The summed E-state index contributed by atoms with van der Waals surface area (Å²) in [5, 5.41) is 12.8. The fourth-order valence-corrected chi connectivity index (χ4v) is 4.71. The first kappa shape index (κ1) is 29.1. The van der Waals surface area contributed by atoms with Gasteiger partial charge in [-0.3, -0.25) is 4.79 Å². The number of hydrogen-bond donors (Lipinski definition) is 2. The van der Waals surface area contributed by atoms with Crippen molar-refractivity contribution in [3.63, 3.8) is 0 Å². The van der Waals surface area contributed by atoms with Crippen molar-refractivity contribution in [1.29, 1.82) is 0 Å². The van der Waals surface area contributed by atoms with Crippen molar-refractivity contribution in [2.75, 3.05) is 7.11 Å². The van der Waals surface area contributed by atoms with Crippen LogP contribution in [0.3, 0.4) is 0 Å². The third-order valence-electron chi connectivity index (χ3n) is 6.69. The van der Waals surface area contributed by atoms with Crippen LogP contribution in [0.4, 0.5) is 0 Å². The molecule has 1 unspecified atom stereocenters. The lowest BCUT2D eigenvalue weighted by molar-refractivity contribution is -0.154. The number of nitrogens with zero attached hydrogens (tertiary/aromatic N) is 1. The van der Waals surface area contributed by atoms with E-state index in [9.17, 15) is 14.7 Å². The maximum absolute atomic E-state index is 12.9. The molecule has 36 heavy (non-hydrogen) atoms. The molecule has 0 aliphatic rings. The van der Waals surface area contributed by atoms with Gasteiger partial charge in [-0.2, -0.15) is 0 Å². The topological polar surface area (TPSA) is 97.8 Å². The summed E-state index contributed by atoms with van der Waals surface area (Å²) in [4.78, 5) is 29.4. The van der Waals surface area contributed by atoms with Crippen molar-refractivity contribution in [1.82, 2.24) is 10.3 Å². The van der Waals surface area contributed by atoms with Gasteiger partial charge in [0.1, 0.15) is 12.1 Å². The minimum atomic E-state index is -0.898. The van der Waals surface area contributed by atoms with Gasteiger partial charge in [-0.05, 0) is 62.8 Å². The van der Waals surface area contributed by atoms with Gasteiger partial charge in [-0.25, -0.2) is 9.78 Å². The fourth-order valence-electron chi connectivity index (χ4n) is 4.71. The molecule has 4 atom stereocenters. The van der Waals surface area contributed by atoms with E-state index in [2.05, 4.69) is 55.3 Å². The van der Waals surface area contributed by atoms with Gasteiger partial charge < -0.3 is 19.9 Å². The van der Waals surface area contributed by atoms with E-state index in [1.165, 1.54) is 24.9 Å². The number of esters is 1. The summed E-state index contributed by atoms with van der Waals surface area (Å²) in [5.41, 5.74) is 1.14. The van der Waals surface area contributed by atoms with E-state index in [-0.39, 0.29) is 29.2 Å². The molecular formula is C29H42N2O5. The number of carbonyl (C=O) groups excluding carboxylic acids is 2. The summed E-state index contributed by atoms with van der Waals surface area (Å²) in [7, 11) is 1.39. The number of amides is 1. The molecule has 2 aromatic rings. The Hall–Kier alpha value is -3.09. The van der Waals surface area contributed by atoms with Crippen molar-refractivity contribution >= 4 is 11.9 Å². The highest BCUT2D eigenvalue weighted by Crippen LogP contribution is 2.32. The second kappa shape index (κ2) is 14.5. The van der Waals surface area contributed by atoms with Gasteiger partial charge in [0.05, 0.1) is 7.11 Å². The molecule has 0 radical (unpaired) electrons. The number of methoxy groups -OCH3 is 1. The lowest BCUT2D eigenvalue weighted by Gasteiger charge is -2.33. The second-order valence-corrected chi connectivity index (χ2v) is 9.89. The van der Waals surface area contributed by atoms with Crippen LogP contribution in [0, 0.1) is 17.8 Å². The fraction of sp³-hybridized carbons (Fsp3) is 0.552. The highest BCUT2D eigenvalue weighted by molar-refractivity contribution is 5.97. The highest BCUT2D eigenvalue weighted by Gasteiger charge is 2.31. The van der Waals surface area contributed by atoms with Crippen molar-refractivity contribution in [3.05, 3.63) is 53.9 Å². The van der Waals surface area contributed by atoms with Crippen LogP contribution >= 0.6 is 0 Å². The minimum Gasteiger partial charge on any atom is -0.503 e. The molecule has 1 aromatic carbocycles. The summed E-state index contributed by atoms with van der Waals surface area (Å²) >= 11 is 0. The number of ether oxygens (including phenoxy) is 2. The molecule has 0 saturated carbocycles. The lowest BCUT2D eigenvalue weighted by atomic mass is 9.78. The Kier molecular flexibility index (Phi) is 11.7. The third kappa shape index (κ3) is 8.54. The van der Waals surface area contributed by atoms with Gasteiger partial charge >= 0.3 is 5.97 Å². The average Bonchev–Trinajstić information content (AvgIpc) is 2.85. The van der Waals surface area contributed by atoms with Crippen LogP contribution in [-0.2, 0) is 16.0 Å². The number of pyridine rings is 1. The van der Waals surface area contributed by atoms with Crippen molar-refractivity contribution in [3.8, 4) is 11.5 Å². The zero-order valence-corrected chi connectivity index (χ0v) is 22.5. The molecule has 7 nitrogen and oxygen atoms in total. The normalized spacial score (nSPS) is 14.5. The molecular weight excluding hydrogens is 456 g/mol. The zero-order chi connectivity index (χ0) is 26.7. The number of nitrogens with one attached hydrogen (secondary N) is 1. The second-order valence-electron chi connectivity index (χ2n) is 9.89. The van der Waals surface area contributed by atoms with Crippen LogP contribution < -0.4 is 10.1 Å². The third-order valence-corrected chi connectivity index (χ3v) is 6.69. The monoisotopic (exact) mass is 498 g/mol.